The minimum atomic E-state index is 0.346. The summed E-state index contributed by atoms with van der Waals surface area (Å²) in [5, 5.41) is 6.71. The number of hydrogen-bond donors (Lipinski definition) is 1. The van der Waals surface area contributed by atoms with E-state index in [4.69, 9.17) is 0 Å². The molecule has 1 aliphatic rings. The van der Waals surface area contributed by atoms with Gasteiger partial charge in [-0.15, -0.1) is 23.1 Å². The monoisotopic (exact) mass is 367 g/mol. The molecule has 0 radical (unpaired) electrons. The Hall–Kier alpha value is -0.290. The van der Waals surface area contributed by atoms with Gasteiger partial charge in [-0.2, -0.15) is 0 Å². The molecule has 0 saturated heterocycles. The molecular weight excluding hydrogens is 350 g/mol. The molecular formula is C16H18BrNS2. The Bertz CT molecular complexity index is 596. The summed E-state index contributed by atoms with van der Waals surface area (Å²) >= 11 is 7.55. The molecule has 3 rings (SSSR count). The summed E-state index contributed by atoms with van der Waals surface area (Å²) in [4.78, 5) is 0. The maximum absolute atomic E-state index is 3.81. The molecule has 0 amide bonds. The number of thiophene rings is 1. The van der Waals surface area contributed by atoms with Gasteiger partial charge in [-0.05, 0) is 42.0 Å². The third kappa shape index (κ3) is 2.98. The highest BCUT2D eigenvalue weighted by molar-refractivity contribution is 9.10. The average Bonchev–Trinajstić information content (AvgIpc) is 2.87. The van der Waals surface area contributed by atoms with E-state index in [9.17, 15) is 0 Å². The minimum absolute atomic E-state index is 0.346. The first-order chi connectivity index (χ1) is 9.65. The van der Waals surface area contributed by atoms with Crippen LogP contribution in [-0.2, 0) is 0 Å². The van der Waals surface area contributed by atoms with Crippen molar-refractivity contribution in [1.82, 2.24) is 5.32 Å². The molecule has 0 saturated carbocycles. The van der Waals surface area contributed by atoms with Gasteiger partial charge in [0.25, 0.3) is 0 Å². The molecule has 0 spiro atoms. The van der Waals surface area contributed by atoms with E-state index in [1.807, 2.05) is 23.1 Å². The lowest BCUT2D eigenvalue weighted by atomic mass is 10.0. The first-order valence-corrected chi connectivity index (χ1v) is 9.45. The molecule has 20 heavy (non-hydrogen) atoms. The normalized spacial score (nSPS) is 23.4. The van der Waals surface area contributed by atoms with E-state index in [-0.39, 0.29) is 0 Å². The molecule has 1 aromatic heterocycles. The lowest BCUT2D eigenvalue weighted by Gasteiger charge is -2.30. The highest BCUT2D eigenvalue weighted by Gasteiger charge is 2.27. The van der Waals surface area contributed by atoms with Crippen LogP contribution >= 0.6 is 39.0 Å². The van der Waals surface area contributed by atoms with Gasteiger partial charge in [0, 0.05) is 21.8 Å². The molecule has 0 aliphatic carbocycles. The van der Waals surface area contributed by atoms with Crippen LogP contribution in [-0.4, -0.2) is 5.25 Å². The summed E-state index contributed by atoms with van der Waals surface area (Å²) in [6, 6.07) is 11.6. The molecule has 2 aromatic rings. The molecule has 1 unspecified atom stereocenters. The second kappa shape index (κ2) is 6.22. The molecule has 4 heteroatoms. The Labute approximate surface area is 137 Å². The molecule has 0 fully saturated rings. The number of rotatable bonds is 3. The van der Waals surface area contributed by atoms with Crippen molar-refractivity contribution >= 4 is 39.0 Å². The van der Waals surface area contributed by atoms with Crippen LogP contribution in [0.3, 0.4) is 0 Å². The van der Waals surface area contributed by atoms with Crippen LogP contribution in [0.2, 0.25) is 0 Å². The zero-order valence-corrected chi connectivity index (χ0v) is 14.8. The number of nitrogens with one attached hydrogen (secondary N) is 1. The van der Waals surface area contributed by atoms with Crippen LogP contribution < -0.4 is 5.32 Å². The van der Waals surface area contributed by atoms with Gasteiger partial charge in [0.1, 0.15) is 0 Å². The van der Waals surface area contributed by atoms with E-state index in [2.05, 4.69) is 70.8 Å². The van der Waals surface area contributed by atoms with Crippen LogP contribution in [0.5, 0.6) is 0 Å². The summed E-state index contributed by atoms with van der Waals surface area (Å²) in [5.41, 5.74) is 2.81. The molecule has 0 bridgehead atoms. The number of hydrogen-bond acceptors (Lipinski definition) is 3. The van der Waals surface area contributed by atoms with Gasteiger partial charge in [-0.25, -0.2) is 0 Å². The van der Waals surface area contributed by atoms with Crippen molar-refractivity contribution < 1.29 is 0 Å². The Kier molecular flexibility index (Phi) is 4.55. The molecule has 1 aliphatic heterocycles. The van der Waals surface area contributed by atoms with Gasteiger partial charge in [0.15, 0.2) is 0 Å². The van der Waals surface area contributed by atoms with Crippen LogP contribution in [0.25, 0.3) is 0 Å². The van der Waals surface area contributed by atoms with Gasteiger partial charge < -0.3 is 5.32 Å². The predicted octanol–water partition coefficient (Wildman–Crippen LogP) is 5.79. The lowest BCUT2D eigenvalue weighted by Crippen LogP contribution is -2.28. The first-order valence-electron chi connectivity index (χ1n) is 6.89. The van der Waals surface area contributed by atoms with E-state index >= 15 is 0 Å². The van der Waals surface area contributed by atoms with Crippen LogP contribution in [0.1, 0.15) is 43.5 Å². The number of benzene rings is 1. The summed E-state index contributed by atoms with van der Waals surface area (Å²) in [7, 11) is 0. The first kappa shape index (κ1) is 14.6. The lowest BCUT2D eigenvalue weighted by molar-refractivity contribution is 0.434. The molecule has 1 aromatic carbocycles. The quantitative estimate of drug-likeness (QED) is 0.736. The molecule has 3 atom stereocenters. The van der Waals surface area contributed by atoms with Crippen molar-refractivity contribution in [2.45, 2.75) is 41.8 Å². The Morgan fingerprint density at radius 1 is 1.30 bits per heavy atom. The third-order valence-electron chi connectivity index (χ3n) is 3.73. The average molecular weight is 368 g/mol. The topological polar surface area (TPSA) is 12.0 Å². The van der Waals surface area contributed by atoms with Gasteiger partial charge in [-0.1, -0.05) is 41.1 Å². The van der Waals surface area contributed by atoms with E-state index in [1.54, 1.807) is 0 Å². The van der Waals surface area contributed by atoms with Crippen LogP contribution in [0.15, 0.2) is 44.4 Å². The fourth-order valence-electron chi connectivity index (χ4n) is 2.72. The van der Waals surface area contributed by atoms with E-state index in [1.165, 1.54) is 26.2 Å². The second-order valence-corrected chi connectivity index (χ2v) is 8.77. The van der Waals surface area contributed by atoms with E-state index < -0.39 is 0 Å². The predicted molar refractivity (Wildman–Crippen MR) is 92.7 cm³/mol. The van der Waals surface area contributed by atoms with Crippen molar-refractivity contribution in [3.63, 3.8) is 0 Å². The standard InChI is InChI=1S/C16H18BrNS2/c1-10-9-15(13-7-8-19-16(13)20-10)18-11(2)12-5-3-4-6-14(12)17/h3-8,10-11,15,18H,9H2,1-2H3/t10-,11-,15?/m0/s1. The van der Waals surface area contributed by atoms with Gasteiger partial charge >= 0.3 is 0 Å². The Morgan fingerprint density at radius 2 is 2.10 bits per heavy atom. The Morgan fingerprint density at radius 3 is 2.90 bits per heavy atom. The fraction of sp³-hybridized carbons (Fsp3) is 0.375. The summed E-state index contributed by atoms with van der Waals surface area (Å²) in [5.74, 6) is 0. The maximum Gasteiger partial charge on any atom is 0.0649 e. The van der Waals surface area contributed by atoms with Crippen LogP contribution in [0.4, 0.5) is 0 Å². The van der Waals surface area contributed by atoms with E-state index in [0.717, 1.165) is 0 Å². The van der Waals surface area contributed by atoms with Gasteiger partial charge in [0.2, 0.25) is 0 Å². The van der Waals surface area contributed by atoms with Gasteiger partial charge in [0.05, 0.1) is 4.21 Å². The van der Waals surface area contributed by atoms with Crippen molar-refractivity contribution in [2.24, 2.45) is 0 Å². The minimum Gasteiger partial charge on any atom is -0.303 e. The van der Waals surface area contributed by atoms with E-state index in [0.29, 0.717) is 17.3 Å². The van der Waals surface area contributed by atoms with Gasteiger partial charge in [-0.3, -0.25) is 0 Å². The van der Waals surface area contributed by atoms with Crippen molar-refractivity contribution in [3.05, 3.63) is 51.3 Å². The molecule has 1 N–H and O–H groups in total. The zero-order chi connectivity index (χ0) is 14.1. The summed E-state index contributed by atoms with van der Waals surface area (Å²) in [6.07, 6.45) is 1.20. The zero-order valence-electron chi connectivity index (χ0n) is 11.6. The van der Waals surface area contributed by atoms with Crippen molar-refractivity contribution in [1.29, 1.82) is 0 Å². The second-order valence-electron chi connectivity index (χ2n) is 5.29. The number of thioether (sulfide) groups is 1. The molecule has 106 valence electrons. The fourth-order valence-corrected chi connectivity index (χ4v) is 5.92. The smallest absolute Gasteiger partial charge is 0.0649 e. The van der Waals surface area contributed by atoms with Crippen molar-refractivity contribution in [2.75, 3.05) is 0 Å². The van der Waals surface area contributed by atoms with Crippen LogP contribution in [0, 0.1) is 0 Å². The molecule has 1 nitrogen and oxygen atoms in total. The third-order valence-corrected chi connectivity index (χ3v) is 6.80. The number of fused-ring (bicyclic) bond motifs is 1. The number of halogens is 1. The highest BCUT2D eigenvalue weighted by atomic mass is 79.9. The van der Waals surface area contributed by atoms with Crippen molar-refractivity contribution in [3.8, 4) is 0 Å². The molecule has 2 heterocycles. The largest absolute Gasteiger partial charge is 0.303 e. The highest BCUT2D eigenvalue weighted by Crippen LogP contribution is 2.44. The summed E-state index contributed by atoms with van der Waals surface area (Å²) in [6.45, 7) is 4.57. The maximum atomic E-state index is 3.81. The Balaban J connectivity index is 1.80. The summed E-state index contributed by atoms with van der Waals surface area (Å²) < 4.78 is 2.67. The SMILES string of the molecule is C[C@H](NC1C[C@H](C)Sc2sccc21)c1ccccc1Br.